The minimum atomic E-state index is 0.0787. The molecule has 1 amide bonds. The van der Waals surface area contributed by atoms with Crippen LogP contribution in [0, 0.1) is 3.57 Å². The zero-order valence-corrected chi connectivity index (χ0v) is 19.0. The Labute approximate surface area is 185 Å². The van der Waals surface area contributed by atoms with Gasteiger partial charge in [-0.15, -0.1) is 0 Å². The summed E-state index contributed by atoms with van der Waals surface area (Å²) in [6, 6.07) is 12.2. The fourth-order valence-electron chi connectivity index (χ4n) is 4.21. The van der Waals surface area contributed by atoms with E-state index in [9.17, 15) is 4.79 Å². The number of unbranched alkanes of at least 4 members (excludes halogenated alkanes) is 1. The molecule has 152 valence electrons. The van der Waals surface area contributed by atoms with E-state index >= 15 is 0 Å². The van der Waals surface area contributed by atoms with Gasteiger partial charge < -0.3 is 9.47 Å². The summed E-state index contributed by atoms with van der Waals surface area (Å²) in [5, 5.41) is 0. The molecule has 0 spiro atoms. The third-order valence-electron chi connectivity index (χ3n) is 5.68. The van der Waals surface area contributed by atoms with Crippen LogP contribution in [0.1, 0.15) is 67.7 Å². The lowest BCUT2D eigenvalue weighted by Crippen LogP contribution is -2.33. The van der Waals surface area contributed by atoms with Gasteiger partial charge in [-0.1, -0.05) is 32.3 Å². The number of pyridine rings is 1. The molecule has 1 aliphatic rings. The molecule has 0 unspecified atom stereocenters. The number of hydrogen-bond donors (Lipinski definition) is 0. The van der Waals surface area contributed by atoms with Gasteiger partial charge in [0.15, 0.2) is 5.65 Å². The fraction of sp³-hybridized carbons (Fsp3) is 0.435. The molecule has 5 nitrogen and oxygen atoms in total. The molecule has 2 aromatic heterocycles. The number of hydrogen-bond acceptors (Lipinski definition) is 3. The highest BCUT2D eigenvalue weighted by atomic mass is 127. The highest BCUT2D eigenvalue weighted by molar-refractivity contribution is 14.1. The summed E-state index contributed by atoms with van der Waals surface area (Å²) >= 11 is 2.26. The van der Waals surface area contributed by atoms with Crippen molar-refractivity contribution in [1.29, 1.82) is 0 Å². The monoisotopic (exact) mass is 502 g/mol. The van der Waals surface area contributed by atoms with Crippen molar-refractivity contribution in [2.24, 2.45) is 0 Å². The Morgan fingerprint density at radius 3 is 2.83 bits per heavy atom. The molecular weight excluding hydrogens is 475 g/mol. The Morgan fingerprint density at radius 1 is 1.24 bits per heavy atom. The first kappa shape index (κ1) is 20.3. The summed E-state index contributed by atoms with van der Waals surface area (Å²) in [5.74, 6) is 1.04. The molecule has 0 saturated heterocycles. The van der Waals surface area contributed by atoms with E-state index < -0.39 is 0 Å². The highest BCUT2D eigenvalue weighted by Crippen LogP contribution is 2.33. The molecule has 1 aliphatic carbocycles. The van der Waals surface area contributed by atoms with Gasteiger partial charge in [0.1, 0.15) is 11.3 Å². The number of halogens is 1. The second kappa shape index (κ2) is 9.24. The van der Waals surface area contributed by atoms with Crippen molar-refractivity contribution in [1.82, 2.24) is 19.4 Å². The molecule has 0 atom stereocenters. The van der Waals surface area contributed by atoms with E-state index in [-0.39, 0.29) is 5.91 Å². The molecule has 1 aromatic carbocycles. The molecule has 0 bridgehead atoms. The van der Waals surface area contributed by atoms with Crippen LogP contribution in [0.5, 0.6) is 0 Å². The topological polar surface area (TPSA) is 51.0 Å². The van der Waals surface area contributed by atoms with Crippen LogP contribution in [0.2, 0.25) is 0 Å². The van der Waals surface area contributed by atoms with E-state index in [0.717, 1.165) is 58.3 Å². The van der Waals surface area contributed by atoms with Gasteiger partial charge in [-0.05, 0) is 72.2 Å². The van der Waals surface area contributed by atoms with Gasteiger partial charge in [0.05, 0.1) is 6.54 Å². The summed E-state index contributed by atoms with van der Waals surface area (Å²) in [4.78, 5) is 24.8. The van der Waals surface area contributed by atoms with Crippen molar-refractivity contribution in [3.8, 4) is 0 Å². The second-order valence-corrected chi connectivity index (χ2v) is 9.02. The first-order valence-electron chi connectivity index (χ1n) is 10.5. The van der Waals surface area contributed by atoms with Crippen LogP contribution in [0.15, 0.2) is 42.6 Å². The summed E-state index contributed by atoms with van der Waals surface area (Å²) in [6.45, 7) is 3.42. The molecule has 4 rings (SSSR count). The van der Waals surface area contributed by atoms with Crippen LogP contribution < -0.4 is 0 Å². The van der Waals surface area contributed by atoms with Gasteiger partial charge in [0, 0.05) is 27.9 Å². The molecule has 29 heavy (non-hydrogen) atoms. The number of carbonyl (C=O) groups excluding carboxylic acids is 1. The third kappa shape index (κ3) is 4.47. The number of carbonyl (C=O) groups is 1. The largest absolute Gasteiger partial charge is 0.331 e. The van der Waals surface area contributed by atoms with E-state index in [1.165, 1.54) is 12.8 Å². The number of nitrogens with zero attached hydrogens (tertiary/aromatic N) is 4. The predicted molar refractivity (Wildman–Crippen MR) is 124 cm³/mol. The summed E-state index contributed by atoms with van der Waals surface area (Å²) in [5.41, 5.74) is 2.62. The van der Waals surface area contributed by atoms with Crippen LogP contribution in [-0.2, 0) is 6.54 Å². The SMILES string of the molecule is CCCCN(Cc1nc2cccnc2n1C1CCCC1)C(=O)c1cccc(I)c1. The standard InChI is InChI=1S/C23H27IN4O/c1-2-3-14-27(23(29)17-8-6-9-18(24)15-17)16-21-26-20-12-7-13-25-22(20)28(21)19-10-4-5-11-19/h6-9,12-13,15,19H,2-5,10-11,14,16H2,1H3. The zero-order chi connectivity index (χ0) is 20.2. The lowest BCUT2D eigenvalue weighted by Gasteiger charge is -2.24. The van der Waals surface area contributed by atoms with Crippen LogP contribution in [0.25, 0.3) is 11.2 Å². The molecular formula is C23H27IN4O. The van der Waals surface area contributed by atoms with E-state index in [1.807, 2.05) is 47.5 Å². The van der Waals surface area contributed by atoms with E-state index in [2.05, 4.69) is 39.1 Å². The summed E-state index contributed by atoms with van der Waals surface area (Å²) in [7, 11) is 0. The number of imidazole rings is 1. The fourth-order valence-corrected chi connectivity index (χ4v) is 4.75. The van der Waals surface area contributed by atoms with E-state index in [4.69, 9.17) is 4.98 Å². The van der Waals surface area contributed by atoms with E-state index in [1.54, 1.807) is 0 Å². The maximum Gasteiger partial charge on any atom is 0.254 e. The molecule has 1 saturated carbocycles. The number of rotatable bonds is 7. The number of fused-ring (bicyclic) bond motifs is 1. The lowest BCUT2D eigenvalue weighted by molar-refractivity contribution is 0.0734. The summed E-state index contributed by atoms with van der Waals surface area (Å²) in [6.07, 6.45) is 8.69. The van der Waals surface area contributed by atoms with Gasteiger partial charge >= 0.3 is 0 Å². The van der Waals surface area contributed by atoms with Crippen molar-refractivity contribution < 1.29 is 4.79 Å². The Morgan fingerprint density at radius 2 is 2.07 bits per heavy atom. The highest BCUT2D eigenvalue weighted by Gasteiger charge is 2.26. The minimum Gasteiger partial charge on any atom is -0.331 e. The molecule has 0 aliphatic heterocycles. The van der Waals surface area contributed by atoms with Crippen molar-refractivity contribution in [3.05, 3.63) is 57.6 Å². The van der Waals surface area contributed by atoms with Crippen LogP contribution >= 0.6 is 22.6 Å². The predicted octanol–water partition coefficient (Wildman–Crippen LogP) is 5.59. The third-order valence-corrected chi connectivity index (χ3v) is 6.36. The van der Waals surface area contributed by atoms with Crippen molar-refractivity contribution in [2.45, 2.75) is 58.0 Å². The average Bonchev–Trinajstić information content (AvgIpc) is 3.37. The Hall–Kier alpha value is -1.96. The summed E-state index contributed by atoms with van der Waals surface area (Å²) < 4.78 is 3.38. The van der Waals surface area contributed by atoms with Crippen LogP contribution in [0.3, 0.4) is 0 Å². The van der Waals surface area contributed by atoms with Crippen molar-refractivity contribution >= 4 is 39.7 Å². The molecule has 1 fully saturated rings. The smallest absolute Gasteiger partial charge is 0.254 e. The van der Waals surface area contributed by atoms with E-state index in [0.29, 0.717) is 12.6 Å². The zero-order valence-electron chi connectivity index (χ0n) is 16.9. The normalized spacial score (nSPS) is 14.6. The van der Waals surface area contributed by atoms with Crippen LogP contribution in [-0.4, -0.2) is 31.9 Å². The molecule has 3 aromatic rings. The van der Waals surface area contributed by atoms with Gasteiger partial charge in [-0.3, -0.25) is 4.79 Å². The first-order valence-corrected chi connectivity index (χ1v) is 11.6. The van der Waals surface area contributed by atoms with Crippen molar-refractivity contribution in [2.75, 3.05) is 6.54 Å². The van der Waals surface area contributed by atoms with Gasteiger partial charge in [-0.25, -0.2) is 9.97 Å². The quantitative estimate of drug-likeness (QED) is 0.396. The average molecular weight is 502 g/mol. The molecule has 6 heteroatoms. The Kier molecular flexibility index (Phi) is 6.47. The van der Waals surface area contributed by atoms with Gasteiger partial charge in [0.25, 0.3) is 5.91 Å². The second-order valence-electron chi connectivity index (χ2n) is 7.77. The van der Waals surface area contributed by atoms with Gasteiger partial charge in [0.2, 0.25) is 0 Å². The molecule has 2 heterocycles. The lowest BCUT2D eigenvalue weighted by atomic mass is 10.2. The van der Waals surface area contributed by atoms with Crippen LogP contribution in [0.4, 0.5) is 0 Å². The maximum atomic E-state index is 13.3. The molecule has 0 N–H and O–H groups in total. The van der Waals surface area contributed by atoms with Crippen molar-refractivity contribution in [3.63, 3.8) is 0 Å². The molecule has 0 radical (unpaired) electrons. The minimum absolute atomic E-state index is 0.0787. The maximum absolute atomic E-state index is 13.3. The Bertz CT molecular complexity index is 993. The Balaban J connectivity index is 1.69. The van der Waals surface area contributed by atoms with Gasteiger partial charge in [-0.2, -0.15) is 0 Å². The number of benzene rings is 1. The number of amides is 1. The first-order chi connectivity index (χ1) is 14.2. The number of aromatic nitrogens is 3.